The molecule has 0 fully saturated rings. The third kappa shape index (κ3) is 3.58. The Morgan fingerprint density at radius 2 is 0.630 bits per heavy atom. The maximum absolute atomic E-state index is 5.50. The molecule has 0 unspecified atom stereocenters. The van der Waals surface area contributed by atoms with Gasteiger partial charge in [-0.25, -0.2) is 19.9 Å². The Morgan fingerprint density at radius 1 is 0.391 bits per heavy atom. The van der Waals surface area contributed by atoms with E-state index in [1.54, 1.807) is 0 Å². The van der Waals surface area contributed by atoms with Crippen LogP contribution in [0, 0.1) is 0 Å². The number of benzene rings is 4. The van der Waals surface area contributed by atoms with Gasteiger partial charge in [-0.3, -0.25) is 0 Å². The minimum Gasteiger partial charge on any atom is -0.313 e. The van der Waals surface area contributed by atoms with E-state index in [1.165, 1.54) is 0 Å². The van der Waals surface area contributed by atoms with E-state index in [9.17, 15) is 0 Å². The summed E-state index contributed by atoms with van der Waals surface area (Å²) < 4.78 is 4.31. The number of nitrogens with zero attached hydrogens (tertiary/aromatic N) is 6. The SMILES string of the molecule is CCc1c2nc3c4ccccc4c(nc4c(CC)c(nc5c6ccccc6c(nc1-c1ccccc1-2)n5C)-c1ccccc1-4)n3C. The molecule has 0 spiro atoms. The van der Waals surface area contributed by atoms with Gasteiger partial charge in [-0.1, -0.05) is 111 Å². The van der Waals surface area contributed by atoms with Gasteiger partial charge in [0, 0.05) is 69.0 Å². The highest BCUT2D eigenvalue weighted by Gasteiger charge is 2.27. The van der Waals surface area contributed by atoms with Crippen molar-refractivity contribution in [2.45, 2.75) is 26.7 Å². The summed E-state index contributed by atoms with van der Waals surface area (Å²) in [6, 6.07) is 34.0. The zero-order valence-electron chi connectivity index (χ0n) is 26.3. The van der Waals surface area contributed by atoms with E-state index < -0.39 is 0 Å². The molecule has 8 bridgehead atoms. The number of hydrogen-bond donors (Lipinski definition) is 0. The number of aryl methyl sites for hydroxylation is 2. The molecule has 0 saturated carbocycles. The maximum atomic E-state index is 5.50. The molecule has 4 aromatic carbocycles. The van der Waals surface area contributed by atoms with Crippen LogP contribution < -0.4 is 0 Å². The van der Waals surface area contributed by atoms with Crippen molar-refractivity contribution in [1.82, 2.24) is 29.1 Å². The molecule has 222 valence electrons. The highest BCUT2D eigenvalue weighted by Crippen LogP contribution is 2.44. The summed E-state index contributed by atoms with van der Waals surface area (Å²) in [7, 11) is 4.17. The van der Waals surface area contributed by atoms with Crippen molar-refractivity contribution in [3.8, 4) is 45.0 Å². The van der Waals surface area contributed by atoms with Gasteiger partial charge in [-0.05, 0) is 12.8 Å². The first-order chi connectivity index (χ1) is 22.6. The van der Waals surface area contributed by atoms with Crippen molar-refractivity contribution in [3.63, 3.8) is 0 Å². The summed E-state index contributed by atoms with van der Waals surface area (Å²) in [5.74, 6) is 0. The van der Waals surface area contributed by atoms with E-state index in [0.717, 1.165) is 113 Å². The lowest BCUT2D eigenvalue weighted by Gasteiger charge is -2.02. The molecule has 7 aromatic rings. The quantitative estimate of drug-likeness (QED) is 0.200. The largest absolute Gasteiger partial charge is 0.313 e. The summed E-state index contributed by atoms with van der Waals surface area (Å²) in [5, 5.41) is 4.32. The van der Waals surface area contributed by atoms with Gasteiger partial charge in [0.1, 0.15) is 22.6 Å². The zero-order chi connectivity index (χ0) is 31.1. The first-order valence-electron chi connectivity index (χ1n) is 16.0. The first-order valence-corrected chi connectivity index (χ1v) is 16.0. The minimum absolute atomic E-state index is 0.797. The van der Waals surface area contributed by atoms with E-state index in [2.05, 4.69) is 134 Å². The zero-order valence-corrected chi connectivity index (χ0v) is 26.3. The smallest absolute Gasteiger partial charge is 0.142 e. The van der Waals surface area contributed by atoms with Crippen LogP contribution in [0.15, 0.2) is 97.1 Å². The lowest BCUT2D eigenvalue weighted by atomic mass is 10.1. The van der Waals surface area contributed by atoms with Crippen LogP contribution in [0.2, 0.25) is 0 Å². The Labute approximate surface area is 266 Å². The van der Waals surface area contributed by atoms with Crippen molar-refractivity contribution in [2.24, 2.45) is 14.1 Å². The Kier molecular flexibility index (Phi) is 5.78. The van der Waals surface area contributed by atoms with Gasteiger partial charge in [-0.2, -0.15) is 0 Å². The topological polar surface area (TPSA) is 61.4 Å². The van der Waals surface area contributed by atoms with E-state index in [-0.39, 0.29) is 0 Å². The molecule has 6 heteroatoms. The number of hydrogen-bond acceptors (Lipinski definition) is 4. The third-order valence-electron chi connectivity index (χ3n) is 9.68. The van der Waals surface area contributed by atoms with Gasteiger partial charge in [0.15, 0.2) is 0 Å². The van der Waals surface area contributed by atoms with Crippen LogP contribution in [0.5, 0.6) is 0 Å². The van der Waals surface area contributed by atoms with Crippen LogP contribution in [0.3, 0.4) is 0 Å². The Bertz CT molecular complexity index is 2240. The van der Waals surface area contributed by atoms with Gasteiger partial charge in [0.25, 0.3) is 0 Å². The van der Waals surface area contributed by atoms with Gasteiger partial charge in [0.2, 0.25) is 0 Å². The van der Waals surface area contributed by atoms with Crippen molar-refractivity contribution in [3.05, 3.63) is 108 Å². The van der Waals surface area contributed by atoms with E-state index in [4.69, 9.17) is 19.9 Å². The standard InChI is InChI=1S/C40H32N6/c1-5-23-33-25-15-7-8-16-26(25)34(23)42-38-30-20-12-14-22-32(30)40(46(38)4)44-36-24(6-2)35(27-17-9-10-18-28(27)36)43-39-31-21-13-11-19-29(31)37(41-33)45(39)3/h7-22H,5-6H2,1-4H3. The monoisotopic (exact) mass is 596 g/mol. The minimum atomic E-state index is 0.797. The van der Waals surface area contributed by atoms with Gasteiger partial charge >= 0.3 is 0 Å². The second-order valence-corrected chi connectivity index (χ2v) is 12.1. The van der Waals surface area contributed by atoms with Crippen molar-refractivity contribution < 1.29 is 0 Å². The highest BCUT2D eigenvalue weighted by atomic mass is 15.1. The average Bonchev–Trinajstić information content (AvgIpc) is 3.74. The molecule has 0 amide bonds. The molecule has 0 N–H and O–H groups in total. The second-order valence-electron chi connectivity index (χ2n) is 12.1. The number of rotatable bonds is 2. The van der Waals surface area contributed by atoms with E-state index in [0.29, 0.717) is 0 Å². The summed E-state index contributed by atoms with van der Waals surface area (Å²) in [5.41, 5.74) is 14.2. The van der Waals surface area contributed by atoms with Gasteiger partial charge in [0.05, 0.1) is 22.8 Å². The second kappa shape index (κ2) is 9.94. The molecule has 3 heterocycles. The summed E-state index contributed by atoms with van der Waals surface area (Å²) in [6.07, 6.45) is 1.59. The van der Waals surface area contributed by atoms with E-state index in [1.807, 2.05) is 0 Å². The number of aromatic nitrogens is 6. The Balaban J connectivity index is 1.61. The first kappa shape index (κ1) is 26.8. The number of fused-ring (bicyclic) bond motifs is 20. The molecule has 0 saturated heterocycles. The summed E-state index contributed by atoms with van der Waals surface area (Å²) in [6.45, 7) is 4.39. The molecule has 3 aromatic heterocycles. The average molecular weight is 597 g/mol. The fraction of sp³-hybridized carbons (Fsp3) is 0.150. The predicted molar refractivity (Wildman–Crippen MR) is 188 cm³/mol. The van der Waals surface area contributed by atoms with Gasteiger partial charge in [-0.15, -0.1) is 0 Å². The molecule has 6 nitrogen and oxygen atoms in total. The molecule has 0 radical (unpaired) electrons. The molecular weight excluding hydrogens is 564 g/mol. The lowest BCUT2D eigenvalue weighted by molar-refractivity contribution is 0.963. The molecule has 2 aliphatic rings. The maximum Gasteiger partial charge on any atom is 0.142 e. The normalized spacial score (nSPS) is 12.1. The van der Waals surface area contributed by atoms with Crippen molar-refractivity contribution in [2.75, 3.05) is 0 Å². The van der Waals surface area contributed by atoms with Crippen LogP contribution in [0.4, 0.5) is 0 Å². The fourth-order valence-electron chi connectivity index (χ4n) is 7.48. The van der Waals surface area contributed by atoms with Crippen LogP contribution >= 0.6 is 0 Å². The third-order valence-corrected chi connectivity index (χ3v) is 9.68. The highest BCUT2D eigenvalue weighted by molar-refractivity contribution is 6.08. The van der Waals surface area contributed by atoms with Crippen LogP contribution in [0.1, 0.15) is 25.0 Å². The van der Waals surface area contributed by atoms with Crippen LogP contribution in [-0.2, 0) is 26.9 Å². The fourth-order valence-corrected chi connectivity index (χ4v) is 7.48. The predicted octanol–water partition coefficient (Wildman–Crippen LogP) is 9.22. The van der Waals surface area contributed by atoms with Crippen molar-refractivity contribution >= 4 is 44.1 Å². The lowest BCUT2D eigenvalue weighted by Crippen LogP contribution is -1.95. The molecule has 9 rings (SSSR count). The molecule has 46 heavy (non-hydrogen) atoms. The molecule has 0 aliphatic heterocycles. The van der Waals surface area contributed by atoms with Crippen LogP contribution in [-0.4, -0.2) is 29.1 Å². The van der Waals surface area contributed by atoms with E-state index >= 15 is 0 Å². The van der Waals surface area contributed by atoms with Crippen molar-refractivity contribution in [1.29, 1.82) is 0 Å². The Hall–Kier alpha value is -5.62. The van der Waals surface area contributed by atoms with Crippen LogP contribution in [0.25, 0.3) is 89.2 Å². The Morgan fingerprint density at radius 3 is 0.870 bits per heavy atom. The summed E-state index contributed by atoms with van der Waals surface area (Å²) in [4.78, 5) is 22.0. The molecule has 0 atom stereocenters. The van der Waals surface area contributed by atoms with Gasteiger partial charge < -0.3 is 9.13 Å². The summed E-state index contributed by atoms with van der Waals surface area (Å²) >= 11 is 0. The molecular formula is C40H32N6. The molecule has 2 aliphatic carbocycles.